The highest BCUT2D eigenvalue weighted by atomic mass is 35.5. The second kappa shape index (κ2) is 4.40. The molecule has 0 aliphatic carbocycles. The van der Waals surface area contributed by atoms with E-state index in [4.69, 9.17) is 17.3 Å². The molecule has 0 fully saturated rings. The van der Waals surface area contributed by atoms with Crippen LogP contribution in [0.3, 0.4) is 0 Å². The maximum absolute atomic E-state index is 6.21. The van der Waals surface area contributed by atoms with Crippen molar-refractivity contribution in [3.05, 3.63) is 53.6 Å². The summed E-state index contributed by atoms with van der Waals surface area (Å²) in [7, 11) is 0. The van der Waals surface area contributed by atoms with Gasteiger partial charge in [0.25, 0.3) is 0 Å². The Morgan fingerprint density at radius 1 is 1.22 bits per heavy atom. The minimum Gasteiger partial charge on any atom is -0.325 e. The minimum absolute atomic E-state index is 0.364. The molecule has 0 unspecified atom stereocenters. The lowest BCUT2D eigenvalue weighted by Crippen LogP contribution is -2.03. The van der Waals surface area contributed by atoms with Crippen LogP contribution < -0.4 is 5.73 Å². The van der Waals surface area contributed by atoms with Crippen molar-refractivity contribution in [2.45, 2.75) is 6.54 Å². The Kier molecular flexibility index (Phi) is 2.74. The average Bonchev–Trinajstić information content (AvgIpc) is 2.83. The smallest absolute Gasteiger partial charge is 0.160 e. The predicted molar refractivity (Wildman–Crippen MR) is 71.3 cm³/mol. The second-order valence-electron chi connectivity index (χ2n) is 3.89. The Bertz CT molecular complexity index is 705. The van der Waals surface area contributed by atoms with E-state index in [1.165, 1.54) is 0 Å². The van der Waals surface area contributed by atoms with Gasteiger partial charge >= 0.3 is 0 Å². The summed E-state index contributed by atoms with van der Waals surface area (Å²) in [6.45, 7) is 0.364. The molecule has 90 valence electrons. The fourth-order valence-electron chi connectivity index (χ4n) is 1.99. The first-order chi connectivity index (χ1) is 8.81. The minimum atomic E-state index is 0.364. The van der Waals surface area contributed by atoms with E-state index in [1.54, 1.807) is 12.4 Å². The molecule has 3 aromatic rings. The molecule has 5 heteroatoms. The van der Waals surface area contributed by atoms with E-state index in [-0.39, 0.29) is 0 Å². The van der Waals surface area contributed by atoms with Crippen molar-refractivity contribution in [3.63, 3.8) is 0 Å². The number of hydrogen-bond acceptors (Lipinski definition) is 3. The molecule has 1 aromatic carbocycles. The summed E-state index contributed by atoms with van der Waals surface area (Å²) in [5, 5.41) is 0.699. The Labute approximate surface area is 109 Å². The summed E-state index contributed by atoms with van der Waals surface area (Å²) in [6, 6.07) is 7.68. The van der Waals surface area contributed by atoms with E-state index in [0.717, 1.165) is 22.6 Å². The second-order valence-corrected chi connectivity index (χ2v) is 4.30. The third-order valence-electron chi connectivity index (χ3n) is 2.84. The van der Waals surface area contributed by atoms with Crippen molar-refractivity contribution in [2.75, 3.05) is 0 Å². The third-order valence-corrected chi connectivity index (χ3v) is 3.17. The summed E-state index contributed by atoms with van der Waals surface area (Å²) in [6.07, 6.45) is 5.37. The molecule has 0 saturated carbocycles. The topological polar surface area (TPSA) is 56.2 Å². The highest BCUT2D eigenvalue weighted by molar-refractivity contribution is 6.33. The summed E-state index contributed by atoms with van der Waals surface area (Å²) in [5.41, 5.74) is 9.08. The number of rotatable bonds is 2. The predicted octanol–water partition coefficient (Wildman–Crippen LogP) is 2.51. The number of hydrogen-bond donors (Lipinski definition) is 1. The molecule has 0 spiro atoms. The van der Waals surface area contributed by atoms with Crippen LogP contribution in [0.4, 0.5) is 0 Å². The van der Waals surface area contributed by atoms with Gasteiger partial charge in [0.15, 0.2) is 5.65 Å². The fraction of sp³-hybridized carbons (Fsp3) is 0.0769. The highest BCUT2D eigenvalue weighted by Crippen LogP contribution is 2.28. The van der Waals surface area contributed by atoms with Crippen molar-refractivity contribution in [3.8, 4) is 11.3 Å². The SMILES string of the molecule is NCc1nccn2c(-c3ccccc3Cl)cnc12. The van der Waals surface area contributed by atoms with Gasteiger partial charge in [0.2, 0.25) is 0 Å². The molecule has 2 aromatic heterocycles. The number of halogens is 1. The maximum atomic E-state index is 6.21. The summed E-state index contributed by atoms with van der Waals surface area (Å²) in [5.74, 6) is 0. The molecule has 2 N–H and O–H groups in total. The quantitative estimate of drug-likeness (QED) is 0.768. The van der Waals surface area contributed by atoms with E-state index in [0.29, 0.717) is 11.6 Å². The standard InChI is InChI=1S/C13H11ClN4/c14-10-4-2-1-3-9(10)12-8-17-13-11(7-15)16-5-6-18(12)13/h1-6,8H,7,15H2. The molecule has 2 heterocycles. The van der Waals surface area contributed by atoms with E-state index in [9.17, 15) is 0 Å². The van der Waals surface area contributed by atoms with Gasteiger partial charge in [-0.25, -0.2) is 4.98 Å². The molecule has 0 amide bonds. The van der Waals surface area contributed by atoms with E-state index in [2.05, 4.69) is 9.97 Å². The molecular weight excluding hydrogens is 248 g/mol. The van der Waals surface area contributed by atoms with Crippen molar-refractivity contribution in [1.29, 1.82) is 0 Å². The van der Waals surface area contributed by atoms with Gasteiger partial charge in [-0.1, -0.05) is 29.8 Å². The number of nitrogens with two attached hydrogens (primary N) is 1. The van der Waals surface area contributed by atoms with E-state index >= 15 is 0 Å². The van der Waals surface area contributed by atoms with Crippen molar-refractivity contribution in [2.24, 2.45) is 5.73 Å². The van der Waals surface area contributed by atoms with Gasteiger partial charge in [0, 0.05) is 29.5 Å². The zero-order valence-electron chi connectivity index (χ0n) is 9.55. The van der Waals surface area contributed by atoms with Gasteiger partial charge in [-0.3, -0.25) is 9.38 Å². The van der Waals surface area contributed by atoms with Gasteiger partial charge in [0.1, 0.15) is 0 Å². The van der Waals surface area contributed by atoms with Crippen LogP contribution >= 0.6 is 11.6 Å². The Balaban J connectivity index is 2.29. The Morgan fingerprint density at radius 2 is 2.06 bits per heavy atom. The molecular formula is C13H11ClN4. The lowest BCUT2D eigenvalue weighted by molar-refractivity contribution is 0.963. The number of benzene rings is 1. The normalized spacial score (nSPS) is 11.0. The van der Waals surface area contributed by atoms with Crippen LogP contribution in [0.2, 0.25) is 5.02 Å². The van der Waals surface area contributed by atoms with Gasteiger partial charge < -0.3 is 5.73 Å². The van der Waals surface area contributed by atoms with Crippen LogP contribution in [-0.2, 0) is 6.54 Å². The van der Waals surface area contributed by atoms with E-state index < -0.39 is 0 Å². The Morgan fingerprint density at radius 3 is 2.83 bits per heavy atom. The molecule has 0 bridgehead atoms. The van der Waals surface area contributed by atoms with Crippen LogP contribution in [0.25, 0.3) is 16.9 Å². The molecule has 0 aliphatic heterocycles. The average molecular weight is 259 g/mol. The highest BCUT2D eigenvalue weighted by Gasteiger charge is 2.11. The molecule has 18 heavy (non-hydrogen) atoms. The zero-order chi connectivity index (χ0) is 12.5. The summed E-state index contributed by atoms with van der Waals surface area (Å²) >= 11 is 6.21. The van der Waals surface area contributed by atoms with Crippen LogP contribution in [0, 0.1) is 0 Å². The monoisotopic (exact) mass is 258 g/mol. The third kappa shape index (κ3) is 1.66. The molecule has 3 rings (SSSR count). The summed E-state index contributed by atoms with van der Waals surface area (Å²) < 4.78 is 1.95. The Hall–Kier alpha value is -1.91. The maximum Gasteiger partial charge on any atom is 0.160 e. The number of imidazole rings is 1. The number of fused-ring (bicyclic) bond motifs is 1. The van der Waals surface area contributed by atoms with Gasteiger partial charge in [-0.2, -0.15) is 0 Å². The lowest BCUT2D eigenvalue weighted by Gasteiger charge is -2.05. The van der Waals surface area contributed by atoms with Crippen molar-refractivity contribution >= 4 is 17.2 Å². The van der Waals surface area contributed by atoms with Crippen LogP contribution in [0.15, 0.2) is 42.9 Å². The van der Waals surface area contributed by atoms with Gasteiger partial charge in [-0.15, -0.1) is 0 Å². The van der Waals surface area contributed by atoms with Crippen LogP contribution in [-0.4, -0.2) is 14.4 Å². The lowest BCUT2D eigenvalue weighted by atomic mass is 10.2. The van der Waals surface area contributed by atoms with Crippen molar-refractivity contribution in [1.82, 2.24) is 14.4 Å². The molecule has 0 saturated heterocycles. The van der Waals surface area contributed by atoms with Crippen LogP contribution in [0.5, 0.6) is 0 Å². The molecule has 4 nitrogen and oxygen atoms in total. The summed E-state index contributed by atoms with van der Waals surface area (Å²) in [4.78, 5) is 8.58. The first kappa shape index (κ1) is 11.2. The van der Waals surface area contributed by atoms with Gasteiger partial charge in [-0.05, 0) is 6.07 Å². The first-order valence-electron chi connectivity index (χ1n) is 5.57. The molecule has 0 atom stereocenters. The molecule has 0 radical (unpaired) electrons. The van der Waals surface area contributed by atoms with Crippen LogP contribution in [0.1, 0.15) is 5.69 Å². The first-order valence-corrected chi connectivity index (χ1v) is 5.95. The number of aromatic nitrogens is 3. The largest absolute Gasteiger partial charge is 0.325 e. The zero-order valence-corrected chi connectivity index (χ0v) is 10.3. The molecule has 0 aliphatic rings. The van der Waals surface area contributed by atoms with E-state index in [1.807, 2.05) is 34.9 Å². The fourth-order valence-corrected chi connectivity index (χ4v) is 2.22. The van der Waals surface area contributed by atoms with Gasteiger partial charge in [0.05, 0.1) is 17.6 Å². The van der Waals surface area contributed by atoms with Crippen molar-refractivity contribution < 1.29 is 0 Å². The number of nitrogens with zero attached hydrogens (tertiary/aromatic N) is 3.